The zero-order chi connectivity index (χ0) is 22.1. The van der Waals surface area contributed by atoms with Gasteiger partial charge in [0.25, 0.3) is 0 Å². The molecule has 0 aromatic heterocycles. The standard InChI is InChI=1S/C25H35N5O/c1-19(27-15-5-14-26)21-6-4-7-22(18-21)24-13-17-29-25(2,30-24)28-16-12-20-8-10-23(31-3)11-9-20/h4,6-11,13,17-19,27-28,30H,5,12,14-16,26H2,1-3H3. The summed E-state index contributed by atoms with van der Waals surface area (Å²) >= 11 is 0. The molecule has 1 aliphatic rings. The van der Waals surface area contributed by atoms with Crippen LogP contribution in [0.3, 0.4) is 0 Å². The van der Waals surface area contributed by atoms with Gasteiger partial charge < -0.3 is 21.1 Å². The Morgan fingerprint density at radius 1 is 1.16 bits per heavy atom. The lowest BCUT2D eigenvalue weighted by molar-refractivity contribution is 0.339. The van der Waals surface area contributed by atoms with E-state index in [2.05, 4.69) is 71.2 Å². The molecule has 1 aliphatic heterocycles. The maximum absolute atomic E-state index is 5.60. The number of aliphatic imine (C=N–C) groups is 1. The van der Waals surface area contributed by atoms with Gasteiger partial charge in [-0.3, -0.25) is 10.3 Å². The fourth-order valence-corrected chi connectivity index (χ4v) is 3.61. The van der Waals surface area contributed by atoms with E-state index in [-0.39, 0.29) is 6.04 Å². The van der Waals surface area contributed by atoms with Crippen molar-refractivity contribution in [1.82, 2.24) is 16.0 Å². The Morgan fingerprint density at radius 2 is 1.97 bits per heavy atom. The molecule has 0 saturated heterocycles. The summed E-state index contributed by atoms with van der Waals surface area (Å²) in [7, 11) is 1.68. The maximum Gasteiger partial charge on any atom is 0.181 e. The number of ether oxygens (including phenoxy) is 1. The molecule has 1 heterocycles. The summed E-state index contributed by atoms with van der Waals surface area (Å²) in [6.45, 7) is 6.68. The predicted octanol–water partition coefficient (Wildman–Crippen LogP) is 3.22. The van der Waals surface area contributed by atoms with Gasteiger partial charge in [-0.25, -0.2) is 0 Å². The molecule has 6 heteroatoms. The van der Waals surface area contributed by atoms with E-state index in [0.717, 1.165) is 42.9 Å². The molecule has 6 nitrogen and oxygen atoms in total. The highest BCUT2D eigenvalue weighted by Gasteiger charge is 2.25. The molecular formula is C25H35N5O. The molecule has 0 radical (unpaired) electrons. The molecule has 2 aromatic rings. The van der Waals surface area contributed by atoms with Crippen LogP contribution in [0.2, 0.25) is 0 Å². The summed E-state index contributed by atoms with van der Waals surface area (Å²) in [6.07, 6.45) is 5.80. The molecule has 0 fully saturated rings. The second-order valence-corrected chi connectivity index (χ2v) is 8.02. The Balaban J connectivity index is 1.58. The van der Waals surface area contributed by atoms with Crippen LogP contribution in [0.25, 0.3) is 5.70 Å². The molecule has 0 spiro atoms. The number of benzene rings is 2. The smallest absolute Gasteiger partial charge is 0.181 e. The highest BCUT2D eigenvalue weighted by atomic mass is 16.5. The van der Waals surface area contributed by atoms with Crippen molar-refractivity contribution in [2.45, 2.75) is 38.5 Å². The molecule has 166 valence electrons. The van der Waals surface area contributed by atoms with E-state index >= 15 is 0 Å². The summed E-state index contributed by atoms with van der Waals surface area (Å²) in [4.78, 5) is 4.64. The van der Waals surface area contributed by atoms with Gasteiger partial charge in [0.1, 0.15) is 5.75 Å². The number of rotatable bonds is 11. The SMILES string of the molecule is COc1ccc(CCNC2(C)N=CC=C(c3cccc(C(C)NCCCN)c3)N2)cc1. The first-order valence-corrected chi connectivity index (χ1v) is 11.0. The Hall–Kier alpha value is -2.67. The molecule has 2 aromatic carbocycles. The van der Waals surface area contributed by atoms with Crippen LogP contribution in [0.4, 0.5) is 0 Å². The quantitative estimate of drug-likeness (QED) is 0.419. The summed E-state index contributed by atoms with van der Waals surface area (Å²) in [5, 5.41) is 10.6. The van der Waals surface area contributed by atoms with Gasteiger partial charge in [-0.05, 0) is 80.7 Å². The second-order valence-electron chi connectivity index (χ2n) is 8.02. The van der Waals surface area contributed by atoms with Crippen LogP contribution >= 0.6 is 0 Å². The van der Waals surface area contributed by atoms with Crippen molar-refractivity contribution in [3.8, 4) is 5.75 Å². The topological polar surface area (TPSA) is 83.7 Å². The summed E-state index contributed by atoms with van der Waals surface area (Å²) in [5.74, 6) is 0.334. The Labute approximate surface area is 186 Å². The van der Waals surface area contributed by atoms with Gasteiger partial charge in [-0.1, -0.05) is 30.3 Å². The van der Waals surface area contributed by atoms with E-state index in [9.17, 15) is 0 Å². The van der Waals surface area contributed by atoms with Crippen molar-refractivity contribution < 1.29 is 4.74 Å². The Kier molecular flexibility index (Phi) is 8.23. The molecule has 2 unspecified atom stereocenters. The number of nitrogens with two attached hydrogens (primary N) is 1. The average Bonchev–Trinajstić information content (AvgIpc) is 2.79. The first-order valence-electron chi connectivity index (χ1n) is 11.0. The first kappa shape index (κ1) is 23.0. The van der Waals surface area contributed by atoms with E-state index in [1.807, 2.05) is 24.4 Å². The van der Waals surface area contributed by atoms with E-state index in [4.69, 9.17) is 10.5 Å². The molecule has 5 N–H and O–H groups in total. The molecule has 31 heavy (non-hydrogen) atoms. The fourth-order valence-electron chi connectivity index (χ4n) is 3.61. The Morgan fingerprint density at radius 3 is 2.71 bits per heavy atom. The predicted molar refractivity (Wildman–Crippen MR) is 129 cm³/mol. The highest BCUT2D eigenvalue weighted by Crippen LogP contribution is 2.22. The first-order chi connectivity index (χ1) is 15.0. The van der Waals surface area contributed by atoms with Crippen molar-refractivity contribution in [2.75, 3.05) is 26.7 Å². The summed E-state index contributed by atoms with van der Waals surface area (Å²) < 4.78 is 5.23. The van der Waals surface area contributed by atoms with Crippen LogP contribution in [0.1, 0.15) is 43.0 Å². The van der Waals surface area contributed by atoms with Crippen LogP contribution in [0, 0.1) is 0 Å². The van der Waals surface area contributed by atoms with Crippen LogP contribution in [-0.2, 0) is 6.42 Å². The van der Waals surface area contributed by atoms with Crippen molar-refractivity contribution in [1.29, 1.82) is 0 Å². The number of hydrogen-bond donors (Lipinski definition) is 4. The maximum atomic E-state index is 5.60. The van der Waals surface area contributed by atoms with Gasteiger partial charge >= 0.3 is 0 Å². The van der Waals surface area contributed by atoms with Gasteiger partial charge in [-0.15, -0.1) is 0 Å². The van der Waals surface area contributed by atoms with Gasteiger partial charge in [0.15, 0.2) is 5.79 Å². The third-order valence-electron chi connectivity index (χ3n) is 5.52. The number of allylic oxidation sites excluding steroid dienone is 1. The zero-order valence-electron chi connectivity index (χ0n) is 18.8. The number of hydrogen-bond acceptors (Lipinski definition) is 6. The fraction of sp³-hybridized carbons (Fsp3) is 0.400. The van der Waals surface area contributed by atoms with E-state index in [1.165, 1.54) is 11.1 Å². The van der Waals surface area contributed by atoms with Crippen molar-refractivity contribution in [3.63, 3.8) is 0 Å². The molecule has 0 saturated carbocycles. The van der Waals surface area contributed by atoms with Crippen LogP contribution < -0.4 is 26.4 Å². The third kappa shape index (κ3) is 6.66. The monoisotopic (exact) mass is 421 g/mol. The molecular weight excluding hydrogens is 386 g/mol. The summed E-state index contributed by atoms with van der Waals surface area (Å²) in [6, 6.07) is 17.1. The van der Waals surface area contributed by atoms with E-state index < -0.39 is 5.79 Å². The largest absolute Gasteiger partial charge is 0.497 e. The lowest BCUT2D eigenvalue weighted by atomic mass is 10.0. The van der Waals surface area contributed by atoms with E-state index in [1.54, 1.807) is 7.11 Å². The number of methoxy groups -OCH3 is 1. The van der Waals surface area contributed by atoms with E-state index in [0.29, 0.717) is 6.54 Å². The summed E-state index contributed by atoms with van der Waals surface area (Å²) in [5.41, 5.74) is 10.3. The van der Waals surface area contributed by atoms with Crippen LogP contribution in [0.5, 0.6) is 5.75 Å². The molecule has 3 rings (SSSR count). The minimum Gasteiger partial charge on any atom is -0.497 e. The Bertz CT molecular complexity index is 893. The van der Waals surface area contributed by atoms with Gasteiger partial charge in [-0.2, -0.15) is 0 Å². The van der Waals surface area contributed by atoms with Crippen molar-refractivity contribution in [3.05, 3.63) is 71.3 Å². The molecule has 2 atom stereocenters. The normalized spacial score (nSPS) is 18.9. The lowest BCUT2D eigenvalue weighted by Gasteiger charge is -2.32. The van der Waals surface area contributed by atoms with Crippen molar-refractivity contribution in [2.24, 2.45) is 10.7 Å². The van der Waals surface area contributed by atoms with Crippen LogP contribution in [0.15, 0.2) is 59.6 Å². The minimum atomic E-state index is -0.544. The number of nitrogens with zero attached hydrogens (tertiary/aromatic N) is 1. The molecule has 0 bridgehead atoms. The number of nitrogens with one attached hydrogen (secondary N) is 3. The van der Waals surface area contributed by atoms with Gasteiger partial charge in [0, 0.05) is 24.5 Å². The molecule has 0 aliphatic carbocycles. The van der Waals surface area contributed by atoms with Gasteiger partial charge in [0.2, 0.25) is 0 Å². The average molecular weight is 422 g/mol. The molecule has 0 amide bonds. The van der Waals surface area contributed by atoms with Gasteiger partial charge in [0.05, 0.1) is 7.11 Å². The third-order valence-corrected chi connectivity index (χ3v) is 5.52. The van der Waals surface area contributed by atoms with Crippen molar-refractivity contribution >= 4 is 11.9 Å². The lowest BCUT2D eigenvalue weighted by Crippen LogP contribution is -2.53. The second kappa shape index (κ2) is 11.1. The van der Waals surface area contributed by atoms with Crippen LogP contribution in [-0.4, -0.2) is 38.7 Å². The minimum absolute atomic E-state index is 0.276. The zero-order valence-corrected chi connectivity index (χ0v) is 18.8. The highest BCUT2D eigenvalue weighted by molar-refractivity contribution is 5.86.